The van der Waals surface area contributed by atoms with E-state index in [4.69, 9.17) is 0 Å². The minimum absolute atomic E-state index is 0.671. The van der Waals surface area contributed by atoms with Gasteiger partial charge in [0.2, 0.25) is 5.65 Å². The Morgan fingerprint density at radius 2 is 2.30 bits per heavy atom. The van der Waals surface area contributed by atoms with E-state index >= 15 is 0 Å². The molecule has 3 rings (SSSR count). The lowest BCUT2D eigenvalue weighted by Gasteiger charge is -2.21. The molecular weight excluding hydrogens is 322 g/mol. The summed E-state index contributed by atoms with van der Waals surface area (Å²) in [5, 5.41) is 11.3. The second-order valence-corrected chi connectivity index (χ2v) is 5.24. The fraction of sp³-hybridized carbons (Fsp3) is 0.333. The normalized spacial score (nSPS) is 11.3. The van der Waals surface area contributed by atoms with Crippen molar-refractivity contribution in [2.75, 3.05) is 25.2 Å². The Kier molecular flexibility index (Phi) is 3.49. The van der Waals surface area contributed by atoms with Gasteiger partial charge in [0.05, 0.1) is 12.2 Å². The third kappa shape index (κ3) is 2.10. The first-order valence-electron chi connectivity index (χ1n) is 6.29. The number of hydrogen-bond donors (Lipinski definition) is 1. The fourth-order valence-corrected chi connectivity index (χ4v) is 2.46. The Labute approximate surface area is 124 Å². The van der Waals surface area contributed by atoms with Gasteiger partial charge in [-0.2, -0.15) is 0 Å². The first-order chi connectivity index (χ1) is 9.74. The maximum Gasteiger partial charge on any atom is 0.204 e. The Morgan fingerprint density at radius 3 is 3.05 bits per heavy atom. The van der Waals surface area contributed by atoms with Gasteiger partial charge in [0.1, 0.15) is 6.33 Å². The SMILES string of the molecule is CCN(CNC)c1nc2ncc(Br)cc2n2cnnc12. The minimum Gasteiger partial charge on any atom is -0.341 e. The summed E-state index contributed by atoms with van der Waals surface area (Å²) in [4.78, 5) is 11.1. The molecule has 104 valence electrons. The molecule has 0 aromatic carbocycles. The Bertz CT molecular complexity index is 754. The fourth-order valence-electron chi connectivity index (χ4n) is 2.14. The van der Waals surface area contributed by atoms with Crippen molar-refractivity contribution in [3.63, 3.8) is 0 Å². The number of pyridine rings is 1. The van der Waals surface area contributed by atoms with Crippen molar-refractivity contribution >= 4 is 38.6 Å². The summed E-state index contributed by atoms with van der Waals surface area (Å²) in [6.45, 7) is 3.58. The first-order valence-corrected chi connectivity index (χ1v) is 7.08. The highest BCUT2D eigenvalue weighted by atomic mass is 79.9. The molecule has 0 aliphatic carbocycles. The predicted molar refractivity (Wildman–Crippen MR) is 80.7 cm³/mol. The van der Waals surface area contributed by atoms with Crippen molar-refractivity contribution in [2.24, 2.45) is 0 Å². The van der Waals surface area contributed by atoms with Crippen molar-refractivity contribution in [1.82, 2.24) is 29.9 Å². The number of anilines is 1. The van der Waals surface area contributed by atoms with E-state index in [1.54, 1.807) is 12.5 Å². The molecule has 0 bridgehead atoms. The summed E-state index contributed by atoms with van der Waals surface area (Å²) in [7, 11) is 1.90. The van der Waals surface area contributed by atoms with Crippen LogP contribution < -0.4 is 10.2 Å². The van der Waals surface area contributed by atoms with Gasteiger partial charge < -0.3 is 10.2 Å². The smallest absolute Gasteiger partial charge is 0.204 e. The summed E-state index contributed by atoms with van der Waals surface area (Å²) in [6.07, 6.45) is 3.42. The molecule has 0 spiro atoms. The third-order valence-corrected chi connectivity index (χ3v) is 3.50. The molecule has 3 heterocycles. The molecule has 0 fully saturated rings. The largest absolute Gasteiger partial charge is 0.341 e. The van der Waals surface area contributed by atoms with Crippen LogP contribution in [0.4, 0.5) is 5.82 Å². The topological polar surface area (TPSA) is 71.2 Å². The van der Waals surface area contributed by atoms with Gasteiger partial charge in [-0.15, -0.1) is 10.2 Å². The Hall–Kier alpha value is -1.80. The van der Waals surface area contributed by atoms with Crippen molar-refractivity contribution < 1.29 is 0 Å². The summed E-state index contributed by atoms with van der Waals surface area (Å²) in [5.74, 6) is 0.779. The molecule has 1 N–H and O–H groups in total. The van der Waals surface area contributed by atoms with E-state index in [1.165, 1.54) is 0 Å². The van der Waals surface area contributed by atoms with Crippen LogP contribution in [-0.4, -0.2) is 44.8 Å². The molecule has 8 heteroatoms. The maximum atomic E-state index is 4.64. The number of aromatic nitrogens is 5. The number of fused-ring (bicyclic) bond motifs is 3. The Morgan fingerprint density at radius 1 is 1.45 bits per heavy atom. The molecule has 0 saturated heterocycles. The van der Waals surface area contributed by atoms with Gasteiger partial charge in [0, 0.05) is 17.2 Å². The second kappa shape index (κ2) is 5.29. The molecule has 7 nitrogen and oxygen atoms in total. The highest BCUT2D eigenvalue weighted by Gasteiger charge is 2.15. The van der Waals surface area contributed by atoms with E-state index in [-0.39, 0.29) is 0 Å². The highest BCUT2D eigenvalue weighted by molar-refractivity contribution is 9.10. The van der Waals surface area contributed by atoms with Gasteiger partial charge in [-0.05, 0) is 36.0 Å². The second-order valence-electron chi connectivity index (χ2n) is 4.32. The monoisotopic (exact) mass is 335 g/mol. The average molecular weight is 336 g/mol. The lowest BCUT2D eigenvalue weighted by atomic mass is 10.4. The van der Waals surface area contributed by atoms with E-state index in [0.717, 1.165) is 28.0 Å². The predicted octanol–water partition coefficient (Wildman–Crippen LogP) is 1.44. The van der Waals surface area contributed by atoms with Crippen molar-refractivity contribution in [3.05, 3.63) is 23.1 Å². The molecular formula is C12H14BrN7. The number of nitrogens with zero attached hydrogens (tertiary/aromatic N) is 6. The van der Waals surface area contributed by atoms with Crippen LogP contribution in [0.3, 0.4) is 0 Å². The molecule has 0 aliphatic heterocycles. The zero-order valence-corrected chi connectivity index (χ0v) is 12.8. The number of rotatable bonds is 4. The summed E-state index contributed by atoms with van der Waals surface area (Å²) in [6, 6.07) is 1.96. The molecule has 3 aromatic rings. The van der Waals surface area contributed by atoms with Gasteiger partial charge in [-0.1, -0.05) is 0 Å². The van der Waals surface area contributed by atoms with Gasteiger partial charge in [-0.3, -0.25) is 4.40 Å². The molecule has 0 atom stereocenters. The minimum atomic E-state index is 0.671. The van der Waals surface area contributed by atoms with Crippen molar-refractivity contribution in [3.8, 4) is 0 Å². The van der Waals surface area contributed by atoms with Crippen LogP contribution in [0.5, 0.6) is 0 Å². The van der Waals surface area contributed by atoms with E-state index in [2.05, 4.69) is 53.2 Å². The standard InChI is InChI=1S/C12H14BrN7/c1-3-19(6-14-2)11-12-18-16-7-20(12)9-4-8(13)5-15-10(9)17-11/h4-5,7,14H,3,6H2,1-2H3. The van der Waals surface area contributed by atoms with Crippen LogP contribution in [0.1, 0.15) is 6.92 Å². The van der Waals surface area contributed by atoms with Crippen molar-refractivity contribution in [1.29, 1.82) is 0 Å². The highest BCUT2D eigenvalue weighted by Crippen LogP contribution is 2.23. The Balaban J connectivity index is 2.30. The van der Waals surface area contributed by atoms with Gasteiger partial charge in [-0.25, -0.2) is 9.97 Å². The lowest BCUT2D eigenvalue weighted by molar-refractivity contribution is 0.724. The van der Waals surface area contributed by atoms with Crippen LogP contribution >= 0.6 is 15.9 Å². The van der Waals surface area contributed by atoms with Crippen LogP contribution in [0.2, 0.25) is 0 Å². The van der Waals surface area contributed by atoms with Crippen LogP contribution in [0, 0.1) is 0 Å². The number of nitrogens with one attached hydrogen (secondary N) is 1. The maximum absolute atomic E-state index is 4.64. The summed E-state index contributed by atoms with van der Waals surface area (Å²) >= 11 is 3.43. The molecule has 0 radical (unpaired) electrons. The van der Waals surface area contributed by atoms with Gasteiger partial charge in [0.15, 0.2) is 11.5 Å². The van der Waals surface area contributed by atoms with E-state index in [9.17, 15) is 0 Å². The molecule has 0 saturated carbocycles. The number of halogens is 1. The summed E-state index contributed by atoms with van der Waals surface area (Å²) in [5.41, 5.74) is 2.28. The van der Waals surface area contributed by atoms with Gasteiger partial charge in [0.25, 0.3) is 0 Å². The van der Waals surface area contributed by atoms with E-state index < -0.39 is 0 Å². The molecule has 3 aromatic heterocycles. The van der Waals surface area contributed by atoms with E-state index in [1.807, 2.05) is 17.5 Å². The van der Waals surface area contributed by atoms with Gasteiger partial charge >= 0.3 is 0 Å². The molecule has 20 heavy (non-hydrogen) atoms. The van der Waals surface area contributed by atoms with Crippen LogP contribution in [-0.2, 0) is 0 Å². The average Bonchev–Trinajstić information content (AvgIpc) is 2.94. The lowest BCUT2D eigenvalue weighted by Crippen LogP contribution is -2.33. The first kappa shape index (κ1) is 13.2. The van der Waals surface area contributed by atoms with Crippen molar-refractivity contribution in [2.45, 2.75) is 6.92 Å². The van der Waals surface area contributed by atoms with Crippen LogP contribution in [0.25, 0.3) is 16.8 Å². The quantitative estimate of drug-likeness (QED) is 0.727. The zero-order valence-electron chi connectivity index (χ0n) is 11.2. The summed E-state index contributed by atoms with van der Waals surface area (Å²) < 4.78 is 2.81. The number of hydrogen-bond acceptors (Lipinski definition) is 6. The van der Waals surface area contributed by atoms with E-state index in [0.29, 0.717) is 12.3 Å². The molecule has 0 aliphatic rings. The van der Waals surface area contributed by atoms with Crippen LogP contribution in [0.15, 0.2) is 23.1 Å². The third-order valence-electron chi connectivity index (χ3n) is 3.06. The molecule has 0 unspecified atom stereocenters. The zero-order chi connectivity index (χ0) is 14.1. The molecule has 0 amide bonds.